The molecular weight excluding hydrogens is 116 g/mol. The minimum absolute atomic E-state index is 1.24. The Morgan fingerprint density at radius 1 is 1.12 bits per heavy atom. The molecule has 1 heteroatoms. The van der Waals surface area contributed by atoms with Gasteiger partial charge in [0, 0.05) is 5.75 Å². The van der Waals surface area contributed by atoms with E-state index in [0.29, 0.717) is 0 Å². The molecule has 0 fully saturated rings. The molecule has 0 amide bonds. The predicted octanol–water partition coefficient (Wildman–Crippen LogP) is 2.46. The highest BCUT2D eigenvalue weighted by molar-refractivity contribution is 7.99. The van der Waals surface area contributed by atoms with Crippen LogP contribution in [-0.4, -0.2) is 11.5 Å². The molecule has 0 saturated heterocycles. The molecule has 0 bridgehead atoms. The smallest absolute Gasteiger partial charge is 0.0113 e. The highest BCUT2D eigenvalue weighted by Crippen LogP contribution is 2.10. The maximum Gasteiger partial charge on any atom is 0.0113 e. The highest BCUT2D eigenvalue weighted by Gasteiger charge is 1.89. The van der Waals surface area contributed by atoms with Crippen molar-refractivity contribution in [3.63, 3.8) is 0 Å². The summed E-state index contributed by atoms with van der Waals surface area (Å²) in [4.78, 5) is 0. The lowest BCUT2D eigenvalue weighted by atomic mass is 10.2. The largest absolute Gasteiger partial charge is 0.158 e. The van der Waals surface area contributed by atoms with Crippen LogP contribution < -0.4 is 0 Å². The van der Waals surface area contributed by atoms with E-state index in [1.165, 1.54) is 30.8 Å². The Morgan fingerprint density at radius 3 is 3.12 bits per heavy atom. The van der Waals surface area contributed by atoms with Crippen LogP contribution in [0.3, 0.4) is 0 Å². The summed E-state index contributed by atoms with van der Waals surface area (Å²) in [5.41, 5.74) is 0. The van der Waals surface area contributed by atoms with Crippen LogP contribution in [0.2, 0.25) is 0 Å². The van der Waals surface area contributed by atoms with Gasteiger partial charge in [0.2, 0.25) is 0 Å². The molecule has 1 aliphatic rings. The molecule has 0 spiro atoms. The first-order valence-corrected chi connectivity index (χ1v) is 4.38. The van der Waals surface area contributed by atoms with Crippen molar-refractivity contribution >= 4 is 11.8 Å². The summed E-state index contributed by atoms with van der Waals surface area (Å²) in [7, 11) is 0. The summed E-state index contributed by atoms with van der Waals surface area (Å²) >= 11 is 2.04. The van der Waals surface area contributed by atoms with E-state index in [1.807, 2.05) is 11.8 Å². The van der Waals surface area contributed by atoms with Gasteiger partial charge in [-0.05, 0) is 25.0 Å². The predicted molar refractivity (Wildman–Crippen MR) is 40.3 cm³/mol. The monoisotopic (exact) mass is 128 g/mol. The maximum atomic E-state index is 2.30. The zero-order chi connectivity index (χ0) is 5.66. The molecule has 8 heavy (non-hydrogen) atoms. The molecule has 0 saturated carbocycles. The van der Waals surface area contributed by atoms with Gasteiger partial charge in [0.1, 0.15) is 0 Å². The van der Waals surface area contributed by atoms with Crippen molar-refractivity contribution in [1.29, 1.82) is 0 Å². The lowest BCUT2D eigenvalue weighted by Gasteiger charge is -2.00. The minimum atomic E-state index is 1.24. The summed E-state index contributed by atoms with van der Waals surface area (Å²) < 4.78 is 0. The first kappa shape index (κ1) is 6.21. The fraction of sp³-hybridized carbons (Fsp3) is 0.714. The molecule has 1 aliphatic heterocycles. The third-order valence-electron chi connectivity index (χ3n) is 1.29. The molecule has 0 aromatic carbocycles. The van der Waals surface area contributed by atoms with E-state index in [2.05, 4.69) is 12.2 Å². The molecular formula is C7H12S. The molecule has 1 heterocycles. The molecule has 0 aliphatic carbocycles. The van der Waals surface area contributed by atoms with Crippen molar-refractivity contribution in [2.24, 2.45) is 0 Å². The highest BCUT2D eigenvalue weighted by atomic mass is 32.2. The van der Waals surface area contributed by atoms with Gasteiger partial charge in [0.25, 0.3) is 0 Å². The van der Waals surface area contributed by atoms with Gasteiger partial charge in [-0.25, -0.2) is 0 Å². The summed E-state index contributed by atoms with van der Waals surface area (Å²) in [6.07, 6.45) is 8.69. The zero-order valence-electron chi connectivity index (χ0n) is 5.10. The van der Waals surface area contributed by atoms with E-state index in [4.69, 9.17) is 0 Å². The summed E-state index contributed by atoms with van der Waals surface area (Å²) in [5.74, 6) is 2.60. The fourth-order valence-corrected chi connectivity index (χ4v) is 1.65. The van der Waals surface area contributed by atoms with Crippen LogP contribution >= 0.6 is 11.8 Å². The Kier molecular flexibility index (Phi) is 3.12. The van der Waals surface area contributed by atoms with Gasteiger partial charge in [-0.2, -0.15) is 11.8 Å². The van der Waals surface area contributed by atoms with E-state index in [1.54, 1.807) is 0 Å². The second kappa shape index (κ2) is 4.02. The van der Waals surface area contributed by atoms with Crippen molar-refractivity contribution in [3.8, 4) is 0 Å². The average molecular weight is 128 g/mol. The molecule has 0 aromatic rings. The summed E-state index contributed by atoms with van der Waals surface area (Å²) in [6, 6.07) is 0. The van der Waals surface area contributed by atoms with Gasteiger partial charge < -0.3 is 0 Å². The van der Waals surface area contributed by atoms with Crippen LogP contribution in [0.1, 0.15) is 19.3 Å². The van der Waals surface area contributed by atoms with Crippen molar-refractivity contribution < 1.29 is 0 Å². The first-order valence-electron chi connectivity index (χ1n) is 3.23. The molecule has 1 rings (SSSR count). The Bertz CT molecular complexity index is 66.5. The van der Waals surface area contributed by atoms with E-state index >= 15 is 0 Å². The molecule has 46 valence electrons. The lowest BCUT2D eigenvalue weighted by molar-refractivity contribution is 0.819. The van der Waals surface area contributed by atoms with Crippen LogP contribution in [0, 0.1) is 0 Å². The maximum absolute atomic E-state index is 2.30. The van der Waals surface area contributed by atoms with Gasteiger partial charge in [-0.1, -0.05) is 12.2 Å². The Hall–Kier alpha value is 0.0900. The van der Waals surface area contributed by atoms with Crippen molar-refractivity contribution in [3.05, 3.63) is 12.2 Å². The Labute approximate surface area is 55.4 Å². The quantitative estimate of drug-likeness (QED) is 0.452. The second-order valence-corrected chi connectivity index (χ2v) is 3.19. The minimum Gasteiger partial charge on any atom is -0.158 e. The van der Waals surface area contributed by atoms with Crippen molar-refractivity contribution in [2.75, 3.05) is 11.5 Å². The Balaban J connectivity index is 2.17. The van der Waals surface area contributed by atoms with Crippen LogP contribution in [0.25, 0.3) is 0 Å². The number of hydrogen-bond acceptors (Lipinski definition) is 1. The van der Waals surface area contributed by atoms with Crippen LogP contribution in [0.4, 0.5) is 0 Å². The van der Waals surface area contributed by atoms with Crippen molar-refractivity contribution in [2.45, 2.75) is 19.3 Å². The van der Waals surface area contributed by atoms with Crippen LogP contribution in [0.15, 0.2) is 12.2 Å². The van der Waals surface area contributed by atoms with E-state index in [0.717, 1.165) is 0 Å². The molecule has 0 radical (unpaired) electrons. The van der Waals surface area contributed by atoms with E-state index < -0.39 is 0 Å². The standard InChI is InChI=1S/C7H12S/c1-2-4-6-8-7-5-3-1/h2,4H,1,3,5-7H2. The van der Waals surface area contributed by atoms with Gasteiger partial charge >= 0.3 is 0 Å². The van der Waals surface area contributed by atoms with Gasteiger partial charge in [-0.15, -0.1) is 0 Å². The summed E-state index contributed by atoms with van der Waals surface area (Å²) in [5, 5.41) is 0. The molecule has 0 N–H and O–H groups in total. The first-order chi connectivity index (χ1) is 4.00. The fourth-order valence-electron chi connectivity index (χ4n) is 0.804. The van der Waals surface area contributed by atoms with Crippen LogP contribution in [0.5, 0.6) is 0 Å². The van der Waals surface area contributed by atoms with Gasteiger partial charge in [0.05, 0.1) is 0 Å². The third-order valence-corrected chi connectivity index (χ3v) is 2.30. The topological polar surface area (TPSA) is 0 Å². The van der Waals surface area contributed by atoms with Crippen LogP contribution in [-0.2, 0) is 0 Å². The zero-order valence-corrected chi connectivity index (χ0v) is 5.91. The molecule has 0 aromatic heterocycles. The SMILES string of the molecule is C1=CCSCCCC1. The number of thioether (sulfide) groups is 1. The number of rotatable bonds is 0. The average Bonchev–Trinajstić information content (AvgIpc) is 1.62. The van der Waals surface area contributed by atoms with Crippen molar-refractivity contribution in [1.82, 2.24) is 0 Å². The van der Waals surface area contributed by atoms with E-state index in [9.17, 15) is 0 Å². The van der Waals surface area contributed by atoms with E-state index in [-0.39, 0.29) is 0 Å². The molecule has 0 unspecified atom stereocenters. The molecule has 0 nitrogen and oxygen atoms in total. The van der Waals surface area contributed by atoms with Gasteiger partial charge in [-0.3, -0.25) is 0 Å². The normalized spacial score (nSPS) is 22.0. The lowest BCUT2D eigenvalue weighted by Crippen LogP contribution is -1.84. The Morgan fingerprint density at radius 2 is 2.12 bits per heavy atom. The molecule has 0 atom stereocenters. The number of allylic oxidation sites excluding steroid dienone is 1. The second-order valence-electron chi connectivity index (χ2n) is 2.04. The summed E-state index contributed by atoms with van der Waals surface area (Å²) in [6.45, 7) is 0. The number of hydrogen-bond donors (Lipinski definition) is 0. The third kappa shape index (κ3) is 2.41. The van der Waals surface area contributed by atoms with Gasteiger partial charge in [0.15, 0.2) is 0 Å².